The molecule has 158 valence electrons. The van der Waals surface area contributed by atoms with Crippen LogP contribution in [0.2, 0.25) is 0 Å². The number of methoxy groups -OCH3 is 1. The minimum Gasteiger partial charge on any atom is -0.496 e. The van der Waals surface area contributed by atoms with Gasteiger partial charge < -0.3 is 9.47 Å². The number of benzene rings is 3. The Labute approximate surface area is 180 Å². The first-order chi connectivity index (χ1) is 15.0. The van der Waals surface area contributed by atoms with Gasteiger partial charge in [0.1, 0.15) is 18.1 Å². The second kappa shape index (κ2) is 8.47. The lowest BCUT2D eigenvalue weighted by Gasteiger charge is -2.15. The number of nitrogens with zero attached hydrogens (tertiary/aromatic N) is 4. The quantitative estimate of drug-likeness (QED) is 0.478. The minimum absolute atomic E-state index is 0.291. The fourth-order valence-electron chi connectivity index (χ4n) is 3.54. The van der Waals surface area contributed by atoms with E-state index in [9.17, 15) is 4.79 Å². The molecule has 0 atom stereocenters. The molecule has 1 heterocycles. The van der Waals surface area contributed by atoms with Crippen LogP contribution in [0.25, 0.3) is 16.8 Å². The van der Waals surface area contributed by atoms with Crippen molar-refractivity contribution in [2.45, 2.75) is 20.5 Å². The molecule has 0 unspecified atom stereocenters. The number of rotatable bonds is 6. The van der Waals surface area contributed by atoms with Crippen LogP contribution < -0.4 is 15.2 Å². The van der Waals surface area contributed by atoms with Gasteiger partial charge in [0, 0.05) is 18.2 Å². The second-order valence-electron chi connectivity index (χ2n) is 7.34. The molecular weight excluding hydrogens is 392 g/mol. The van der Waals surface area contributed by atoms with Gasteiger partial charge in [-0.15, -0.1) is 0 Å². The average Bonchev–Trinajstić information content (AvgIpc) is 3.12. The maximum atomic E-state index is 12.4. The molecule has 0 aliphatic rings. The van der Waals surface area contributed by atoms with E-state index in [0.29, 0.717) is 12.3 Å². The third kappa shape index (κ3) is 3.94. The van der Waals surface area contributed by atoms with Crippen molar-refractivity contribution in [3.8, 4) is 28.3 Å². The van der Waals surface area contributed by atoms with E-state index in [0.717, 1.165) is 39.3 Å². The van der Waals surface area contributed by atoms with Crippen LogP contribution >= 0.6 is 0 Å². The highest BCUT2D eigenvalue weighted by Crippen LogP contribution is 2.34. The van der Waals surface area contributed by atoms with Gasteiger partial charge in [-0.2, -0.15) is 9.36 Å². The third-order valence-corrected chi connectivity index (χ3v) is 5.32. The summed E-state index contributed by atoms with van der Waals surface area (Å²) in [6.45, 7) is 4.34. The lowest BCUT2D eigenvalue weighted by atomic mass is 9.99. The van der Waals surface area contributed by atoms with Crippen LogP contribution in [0.15, 0.2) is 65.5 Å². The van der Waals surface area contributed by atoms with Gasteiger partial charge >= 0.3 is 5.69 Å². The van der Waals surface area contributed by atoms with Crippen molar-refractivity contribution in [1.82, 2.24) is 19.8 Å². The first-order valence-electron chi connectivity index (χ1n) is 9.94. The summed E-state index contributed by atoms with van der Waals surface area (Å²) >= 11 is 0. The molecule has 31 heavy (non-hydrogen) atoms. The molecule has 0 aliphatic carbocycles. The van der Waals surface area contributed by atoms with E-state index in [1.165, 1.54) is 9.36 Å². The predicted octanol–water partition coefficient (Wildman–Crippen LogP) is 3.84. The van der Waals surface area contributed by atoms with E-state index < -0.39 is 0 Å². The average molecular weight is 416 g/mol. The minimum atomic E-state index is -0.305. The summed E-state index contributed by atoms with van der Waals surface area (Å²) in [6.07, 6.45) is 0. The molecule has 0 radical (unpaired) electrons. The van der Waals surface area contributed by atoms with Crippen molar-refractivity contribution < 1.29 is 9.47 Å². The van der Waals surface area contributed by atoms with Crippen LogP contribution in [-0.2, 0) is 13.7 Å². The Morgan fingerprint density at radius 3 is 2.45 bits per heavy atom. The number of ether oxygens (including phenoxy) is 2. The standard InChI is InChI=1S/C24H24N4O3/c1-16-8-7-10-22(28-24(29)27(3)25-26-28)21(16)15-31-18-13-12-17(2)20(14-18)19-9-5-6-11-23(19)30-4/h5-14H,15H2,1-4H3. The molecule has 0 spiro atoms. The number of hydrogen-bond donors (Lipinski definition) is 0. The first-order valence-corrected chi connectivity index (χ1v) is 9.94. The molecule has 0 fully saturated rings. The van der Waals surface area contributed by atoms with E-state index in [1.54, 1.807) is 14.2 Å². The number of tetrazole rings is 1. The summed E-state index contributed by atoms with van der Waals surface area (Å²) in [4.78, 5) is 12.4. The fourth-order valence-corrected chi connectivity index (χ4v) is 3.54. The molecule has 0 saturated carbocycles. The zero-order chi connectivity index (χ0) is 22.0. The Morgan fingerprint density at radius 2 is 1.71 bits per heavy atom. The number of aryl methyl sites for hydroxylation is 3. The zero-order valence-electron chi connectivity index (χ0n) is 18.0. The molecule has 0 saturated heterocycles. The number of aromatic nitrogens is 4. The van der Waals surface area contributed by atoms with Crippen LogP contribution in [0.3, 0.4) is 0 Å². The number of para-hydroxylation sites is 1. The van der Waals surface area contributed by atoms with Crippen LogP contribution in [-0.4, -0.2) is 26.9 Å². The second-order valence-corrected chi connectivity index (χ2v) is 7.34. The summed E-state index contributed by atoms with van der Waals surface area (Å²) < 4.78 is 14.2. The first kappa shape index (κ1) is 20.4. The summed E-state index contributed by atoms with van der Waals surface area (Å²) in [5.74, 6) is 1.54. The molecule has 7 heteroatoms. The summed E-state index contributed by atoms with van der Waals surface area (Å²) in [5, 5.41) is 7.79. The van der Waals surface area contributed by atoms with E-state index in [2.05, 4.69) is 17.4 Å². The summed E-state index contributed by atoms with van der Waals surface area (Å²) in [5.41, 5.74) is 5.42. The molecule has 0 aliphatic heterocycles. The van der Waals surface area contributed by atoms with Crippen molar-refractivity contribution in [3.63, 3.8) is 0 Å². The topological polar surface area (TPSA) is 71.2 Å². The summed E-state index contributed by atoms with van der Waals surface area (Å²) in [7, 11) is 3.24. The van der Waals surface area contributed by atoms with Crippen molar-refractivity contribution in [3.05, 3.63) is 87.8 Å². The molecule has 4 aromatic rings. The van der Waals surface area contributed by atoms with Gasteiger partial charge in [0.2, 0.25) is 0 Å². The SMILES string of the molecule is COc1ccccc1-c1cc(OCc2c(C)cccc2-n2nnn(C)c2=O)ccc1C. The largest absolute Gasteiger partial charge is 0.496 e. The van der Waals surface area contributed by atoms with Gasteiger partial charge in [0.25, 0.3) is 0 Å². The van der Waals surface area contributed by atoms with Crippen LogP contribution in [0.4, 0.5) is 0 Å². The van der Waals surface area contributed by atoms with E-state index in [4.69, 9.17) is 9.47 Å². The monoisotopic (exact) mass is 416 g/mol. The molecule has 0 bridgehead atoms. The van der Waals surface area contributed by atoms with Crippen LogP contribution in [0, 0.1) is 13.8 Å². The smallest absolute Gasteiger partial charge is 0.368 e. The zero-order valence-corrected chi connectivity index (χ0v) is 18.0. The van der Waals surface area contributed by atoms with Gasteiger partial charge in [-0.3, -0.25) is 0 Å². The van der Waals surface area contributed by atoms with Crippen molar-refractivity contribution in [1.29, 1.82) is 0 Å². The van der Waals surface area contributed by atoms with Crippen molar-refractivity contribution >= 4 is 0 Å². The number of hydrogen-bond acceptors (Lipinski definition) is 5. The highest BCUT2D eigenvalue weighted by molar-refractivity contribution is 5.74. The van der Waals surface area contributed by atoms with E-state index in [1.807, 2.05) is 67.6 Å². The highest BCUT2D eigenvalue weighted by Gasteiger charge is 2.14. The normalized spacial score (nSPS) is 10.8. The Kier molecular flexibility index (Phi) is 5.58. The summed E-state index contributed by atoms with van der Waals surface area (Å²) in [6, 6.07) is 19.6. The molecule has 1 aromatic heterocycles. The van der Waals surface area contributed by atoms with E-state index >= 15 is 0 Å². The Bertz CT molecular complexity index is 1290. The van der Waals surface area contributed by atoms with E-state index in [-0.39, 0.29) is 5.69 Å². The lowest BCUT2D eigenvalue weighted by molar-refractivity contribution is 0.305. The maximum Gasteiger partial charge on any atom is 0.368 e. The van der Waals surface area contributed by atoms with Gasteiger partial charge in [-0.1, -0.05) is 36.4 Å². The molecule has 0 amide bonds. The Hall–Kier alpha value is -3.87. The van der Waals surface area contributed by atoms with Gasteiger partial charge in [0.15, 0.2) is 0 Å². The van der Waals surface area contributed by atoms with Crippen LogP contribution in [0.5, 0.6) is 11.5 Å². The van der Waals surface area contributed by atoms with Gasteiger partial charge in [-0.05, 0) is 65.2 Å². The van der Waals surface area contributed by atoms with Crippen LogP contribution in [0.1, 0.15) is 16.7 Å². The molecule has 3 aromatic carbocycles. The molecule has 7 nitrogen and oxygen atoms in total. The Morgan fingerprint density at radius 1 is 0.903 bits per heavy atom. The highest BCUT2D eigenvalue weighted by atomic mass is 16.5. The van der Waals surface area contributed by atoms with Gasteiger partial charge in [-0.25, -0.2) is 4.79 Å². The maximum absolute atomic E-state index is 12.4. The van der Waals surface area contributed by atoms with Crippen molar-refractivity contribution in [2.24, 2.45) is 7.05 Å². The lowest BCUT2D eigenvalue weighted by Crippen LogP contribution is -2.23. The predicted molar refractivity (Wildman–Crippen MR) is 119 cm³/mol. The van der Waals surface area contributed by atoms with Gasteiger partial charge in [0.05, 0.1) is 12.8 Å². The fraction of sp³-hybridized carbons (Fsp3) is 0.208. The third-order valence-electron chi connectivity index (χ3n) is 5.32. The van der Waals surface area contributed by atoms with Crippen molar-refractivity contribution in [2.75, 3.05) is 7.11 Å². The molecule has 0 N–H and O–H groups in total. The molecular formula is C24H24N4O3. The molecule has 4 rings (SSSR count). The Balaban J connectivity index is 1.67.